The van der Waals surface area contributed by atoms with E-state index in [0.29, 0.717) is 6.61 Å². The molecule has 0 amide bonds. The van der Waals surface area contributed by atoms with Gasteiger partial charge in [-0.2, -0.15) is 11.3 Å². The summed E-state index contributed by atoms with van der Waals surface area (Å²) in [5, 5.41) is 4.17. The van der Waals surface area contributed by atoms with Crippen LogP contribution >= 0.6 is 11.3 Å². The molecule has 1 aliphatic rings. The van der Waals surface area contributed by atoms with Crippen molar-refractivity contribution in [2.45, 2.75) is 19.9 Å². The molecule has 3 rings (SSSR count). The van der Waals surface area contributed by atoms with E-state index in [0.717, 1.165) is 42.8 Å². The molecule has 0 saturated heterocycles. The number of ether oxygens (including phenoxy) is 1. The van der Waals surface area contributed by atoms with Gasteiger partial charge in [-0.05, 0) is 46.9 Å². The fourth-order valence-corrected chi connectivity index (χ4v) is 3.61. The fraction of sp³-hybridized carbons (Fsp3) is 0.316. The molecule has 0 saturated carbocycles. The van der Waals surface area contributed by atoms with Crippen LogP contribution in [0.2, 0.25) is 0 Å². The van der Waals surface area contributed by atoms with Crippen LogP contribution in [0.25, 0.3) is 5.57 Å². The maximum atomic E-state index is 12.3. The van der Waals surface area contributed by atoms with Gasteiger partial charge in [0.15, 0.2) is 0 Å². The molecule has 23 heavy (non-hydrogen) atoms. The number of carbonyl (C=O) groups excluding carboxylic acids is 1. The van der Waals surface area contributed by atoms with Gasteiger partial charge in [0.05, 0.1) is 6.61 Å². The Hall–Kier alpha value is -1.91. The summed E-state index contributed by atoms with van der Waals surface area (Å²) in [4.78, 5) is 14.7. The summed E-state index contributed by atoms with van der Waals surface area (Å²) in [7, 11) is 0. The van der Waals surface area contributed by atoms with Gasteiger partial charge < -0.3 is 4.74 Å². The Morgan fingerprint density at radius 2 is 2.09 bits per heavy atom. The first-order valence-electron chi connectivity index (χ1n) is 7.96. The molecule has 2 aromatic rings. The Labute approximate surface area is 141 Å². The zero-order valence-electron chi connectivity index (χ0n) is 13.3. The summed E-state index contributed by atoms with van der Waals surface area (Å²) in [5.74, 6) is -0.159. The number of carbonyl (C=O) groups is 1. The molecule has 0 fully saturated rings. The first kappa shape index (κ1) is 16.0. The molecule has 0 radical (unpaired) electrons. The Morgan fingerprint density at radius 3 is 2.78 bits per heavy atom. The molecule has 0 atom stereocenters. The van der Waals surface area contributed by atoms with E-state index in [1.54, 1.807) is 11.3 Å². The number of rotatable bonds is 5. The third kappa shape index (κ3) is 3.89. The van der Waals surface area contributed by atoms with Crippen LogP contribution in [0.5, 0.6) is 0 Å². The van der Waals surface area contributed by atoms with Crippen LogP contribution in [-0.4, -0.2) is 30.6 Å². The molecule has 2 heterocycles. The quantitative estimate of drug-likeness (QED) is 0.778. The lowest BCUT2D eigenvalue weighted by atomic mass is 9.95. The summed E-state index contributed by atoms with van der Waals surface area (Å²) < 4.78 is 5.25. The monoisotopic (exact) mass is 327 g/mol. The van der Waals surface area contributed by atoms with Gasteiger partial charge in [0.2, 0.25) is 0 Å². The van der Waals surface area contributed by atoms with Crippen LogP contribution in [0.15, 0.2) is 52.7 Å². The summed E-state index contributed by atoms with van der Waals surface area (Å²) in [6.45, 7) is 4.86. The minimum absolute atomic E-state index is 0.159. The number of nitrogens with zero attached hydrogens (tertiary/aromatic N) is 1. The van der Waals surface area contributed by atoms with Crippen molar-refractivity contribution < 1.29 is 9.53 Å². The zero-order valence-corrected chi connectivity index (χ0v) is 14.1. The second kappa shape index (κ2) is 7.57. The highest BCUT2D eigenvalue weighted by molar-refractivity contribution is 7.08. The molecule has 0 spiro atoms. The first-order chi connectivity index (χ1) is 11.3. The van der Waals surface area contributed by atoms with Crippen LogP contribution in [-0.2, 0) is 16.1 Å². The maximum absolute atomic E-state index is 12.3. The molecule has 1 aromatic carbocycles. The SMILES string of the molecule is CCOC(=O)C1=C(c2ccsc2)CN(Cc2ccccc2)CC1. The fourth-order valence-electron chi connectivity index (χ4n) is 2.94. The summed E-state index contributed by atoms with van der Waals surface area (Å²) >= 11 is 1.66. The minimum atomic E-state index is -0.159. The van der Waals surface area contributed by atoms with E-state index in [-0.39, 0.29) is 5.97 Å². The van der Waals surface area contributed by atoms with Gasteiger partial charge >= 0.3 is 5.97 Å². The van der Waals surface area contributed by atoms with Gasteiger partial charge in [-0.1, -0.05) is 30.3 Å². The van der Waals surface area contributed by atoms with E-state index in [9.17, 15) is 4.79 Å². The molecule has 4 heteroatoms. The van der Waals surface area contributed by atoms with Crippen molar-refractivity contribution in [3.63, 3.8) is 0 Å². The third-order valence-electron chi connectivity index (χ3n) is 4.06. The summed E-state index contributed by atoms with van der Waals surface area (Å²) in [6.07, 6.45) is 0.747. The van der Waals surface area contributed by atoms with Crippen molar-refractivity contribution in [2.24, 2.45) is 0 Å². The van der Waals surface area contributed by atoms with E-state index in [4.69, 9.17) is 4.74 Å². The Bertz CT molecular complexity index is 677. The topological polar surface area (TPSA) is 29.5 Å². The maximum Gasteiger partial charge on any atom is 0.334 e. The van der Waals surface area contributed by atoms with Crippen LogP contribution in [0.1, 0.15) is 24.5 Å². The van der Waals surface area contributed by atoms with Crippen molar-refractivity contribution in [1.29, 1.82) is 0 Å². The second-order valence-electron chi connectivity index (χ2n) is 5.64. The van der Waals surface area contributed by atoms with Crippen molar-refractivity contribution in [3.8, 4) is 0 Å². The van der Waals surface area contributed by atoms with Crippen molar-refractivity contribution in [3.05, 3.63) is 63.9 Å². The smallest absolute Gasteiger partial charge is 0.334 e. The highest BCUT2D eigenvalue weighted by Gasteiger charge is 2.25. The van der Waals surface area contributed by atoms with E-state index in [1.165, 1.54) is 5.56 Å². The van der Waals surface area contributed by atoms with Gasteiger partial charge in [0.1, 0.15) is 0 Å². The number of thiophene rings is 1. The molecular weight excluding hydrogens is 306 g/mol. The highest BCUT2D eigenvalue weighted by Crippen LogP contribution is 2.29. The molecule has 120 valence electrons. The molecule has 0 N–H and O–H groups in total. The van der Waals surface area contributed by atoms with Gasteiger partial charge in [-0.15, -0.1) is 0 Å². The van der Waals surface area contributed by atoms with Crippen LogP contribution in [0, 0.1) is 0 Å². The first-order valence-corrected chi connectivity index (χ1v) is 8.90. The van der Waals surface area contributed by atoms with Crippen LogP contribution in [0.4, 0.5) is 0 Å². The summed E-state index contributed by atoms with van der Waals surface area (Å²) in [6, 6.07) is 12.6. The molecule has 0 aliphatic carbocycles. The van der Waals surface area contributed by atoms with Crippen molar-refractivity contribution >= 4 is 22.9 Å². The standard InChI is InChI=1S/C19H21NO2S/c1-2-22-19(21)17-8-10-20(12-15-6-4-3-5-7-15)13-18(17)16-9-11-23-14-16/h3-7,9,11,14H,2,8,10,12-13H2,1H3. The largest absolute Gasteiger partial charge is 0.463 e. The lowest BCUT2D eigenvalue weighted by Gasteiger charge is -2.30. The van der Waals surface area contributed by atoms with Gasteiger partial charge in [0.25, 0.3) is 0 Å². The number of esters is 1. The average molecular weight is 327 g/mol. The number of benzene rings is 1. The van der Waals surface area contributed by atoms with Gasteiger partial charge in [-0.3, -0.25) is 4.90 Å². The Morgan fingerprint density at radius 1 is 1.26 bits per heavy atom. The zero-order chi connectivity index (χ0) is 16.1. The average Bonchev–Trinajstić information content (AvgIpc) is 3.10. The molecule has 0 unspecified atom stereocenters. The Balaban J connectivity index is 1.82. The number of hydrogen-bond acceptors (Lipinski definition) is 4. The second-order valence-corrected chi connectivity index (χ2v) is 6.42. The molecular formula is C19H21NO2S. The minimum Gasteiger partial charge on any atom is -0.463 e. The predicted molar refractivity (Wildman–Crippen MR) is 94.2 cm³/mol. The van der Waals surface area contributed by atoms with E-state index < -0.39 is 0 Å². The molecule has 1 aromatic heterocycles. The van der Waals surface area contributed by atoms with Gasteiger partial charge in [0, 0.05) is 25.2 Å². The summed E-state index contributed by atoms with van der Waals surface area (Å²) in [5.41, 5.74) is 4.41. The van der Waals surface area contributed by atoms with Crippen LogP contribution < -0.4 is 0 Å². The van der Waals surface area contributed by atoms with Gasteiger partial charge in [-0.25, -0.2) is 4.79 Å². The van der Waals surface area contributed by atoms with Crippen molar-refractivity contribution in [1.82, 2.24) is 4.90 Å². The lowest BCUT2D eigenvalue weighted by Crippen LogP contribution is -2.32. The lowest BCUT2D eigenvalue weighted by molar-refractivity contribution is -0.138. The highest BCUT2D eigenvalue weighted by atomic mass is 32.1. The van der Waals surface area contributed by atoms with Crippen LogP contribution in [0.3, 0.4) is 0 Å². The molecule has 3 nitrogen and oxygen atoms in total. The third-order valence-corrected chi connectivity index (χ3v) is 4.75. The van der Waals surface area contributed by atoms with E-state index >= 15 is 0 Å². The van der Waals surface area contributed by atoms with E-state index in [1.807, 2.05) is 13.0 Å². The molecule has 1 aliphatic heterocycles. The number of hydrogen-bond donors (Lipinski definition) is 0. The normalized spacial score (nSPS) is 15.7. The predicted octanol–water partition coefficient (Wildman–Crippen LogP) is 3.97. The Kier molecular flexibility index (Phi) is 5.26. The molecule has 0 bridgehead atoms. The van der Waals surface area contributed by atoms with E-state index in [2.05, 4.69) is 46.0 Å². The van der Waals surface area contributed by atoms with Crippen molar-refractivity contribution in [2.75, 3.05) is 19.7 Å².